The minimum absolute atomic E-state index is 0.0315. The van der Waals surface area contributed by atoms with Crippen LogP contribution in [0, 0.1) is 0 Å². The number of alkyl carbamates (subject to hydrolysis) is 1. The number of esters is 1. The van der Waals surface area contributed by atoms with Crippen LogP contribution in [0.5, 0.6) is 0 Å². The summed E-state index contributed by atoms with van der Waals surface area (Å²) in [4.78, 5) is 22.2. The van der Waals surface area contributed by atoms with E-state index in [0.717, 1.165) is 0 Å². The molecular formula is C9H15NO6. The Morgan fingerprint density at radius 1 is 1.31 bits per heavy atom. The van der Waals surface area contributed by atoms with Crippen LogP contribution in [0.3, 0.4) is 0 Å². The number of hydrogen-bond acceptors (Lipinski definition) is 6. The molecule has 7 nitrogen and oxygen atoms in total. The van der Waals surface area contributed by atoms with Gasteiger partial charge in [0, 0.05) is 0 Å². The maximum atomic E-state index is 11.1. The van der Waals surface area contributed by atoms with Gasteiger partial charge in [0.05, 0.1) is 39.9 Å². The molecular weight excluding hydrogens is 218 g/mol. The second-order valence-electron chi connectivity index (χ2n) is 3.13. The lowest BCUT2D eigenvalue weighted by molar-refractivity contribution is -0.144. The zero-order valence-electron chi connectivity index (χ0n) is 9.23. The number of hydrogen-bond donors (Lipinski definition) is 1. The highest BCUT2D eigenvalue weighted by Crippen LogP contribution is 2.12. The van der Waals surface area contributed by atoms with E-state index in [2.05, 4.69) is 14.8 Å². The zero-order chi connectivity index (χ0) is 12.0. The smallest absolute Gasteiger partial charge is 0.407 e. The molecule has 92 valence electrons. The third kappa shape index (κ3) is 3.67. The Hall–Kier alpha value is -1.34. The van der Waals surface area contributed by atoms with Crippen LogP contribution in [0.2, 0.25) is 0 Å². The maximum absolute atomic E-state index is 11.1. The number of amides is 1. The molecule has 0 spiro atoms. The number of ether oxygens (including phenoxy) is 4. The molecule has 1 aliphatic rings. The monoisotopic (exact) mass is 233 g/mol. The molecule has 1 amide bonds. The van der Waals surface area contributed by atoms with Gasteiger partial charge in [-0.15, -0.1) is 0 Å². The average molecular weight is 233 g/mol. The van der Waals surface area contributed by atoms with Crippen LogP contribution >= 0.6 is 0 Å². The molecule has 1 saturated heterocycles. The van der Waals surface area contributed by atoms with Crippen LogP contribution < -0.4 is 5.32 Å². The Morgan fingerprint density at radius 2 is 1.94 bits per heavy atom. The van der Waals surface area contributed by atoms with Crippen LogP contribution in [0.25, 0.3) is 0 Å². The summed E-state index contributed by atoms with van der Waals surface area (Å²) < 4.78 is 19.4. The molecule has 16 heavy (non-hydrogen) atoms. The first-order valence-electron chi connectivity index (χ1n) is 4.82. The van der Waals surface area contributed by atoms with E-state index in [1.807, 2.05) is 0 Å². The second kappa shape index (κ2) is 6.29. The van der Waals surface area contributed by atoms with Gasteiger partial charge in [0.15, 0.2) is 6.29 Å². The van der Waals surface area contributed by atoms with Crippen molar-refractivity contribution in [3.8, 4) is 0 Å². The van der Waals surface area contributed by atoms with Crippen molar-refractivity contribution in [3.05, 3.63) is 0 Å². The van der Waals surface area contributed by atoms with Crippen LogP contribution in [0.1, 0.15) is 6.42 Å². The lowest BCUT2D eigenvalue weighted by atomic mass is 10.2. The molecule has 0 saturated carbocycles. The van der Waals surface area contributed by atoms with Crippen LogP contribution in [-0.4, -0.2) is 51.8 Å². The fourth-order valence-electron chi connectivity index (χ4n) is 1.30. The van der Waals surface area contributed by atoms with Crippen LogP contribution in [0.4, 0.5) is 4.79 Å². The lowest BCUT2D eigenvalue weighted by Crippen LogP contribution is -2.45. The van der Waals surface area contributed by atoms with Crippen molar-refractivity contribution in [2.24, 2.45) is 0 Å². The van der Waals surface area contributed by atoms with Crippen molar-refractivity contribution in [2.75, 3.05) is 27.4 Å². The summed E-state index contributed by atoms with van der Waals surface area (Å²) in [5.41, 5.74) is 0. The average Bonchev–Trinajstić information content (AvgIpc) is 2.81. The largest absolute Gasteiger partial charge is 0.469 e. The fourth-order valence-corrected chi connectivity index (χ4v) is 1.30. The molecule has 1 fully saturated rings. The molecule has 0 radical (unpaired) electrons. The van der Waals surface area contributed by atoms with Crippen molar-refractivity contribution in [3.63, 3.8) is 0 Å². The summed E-state index contributed by atoms with van der Waals surface area (Å²) in [5, 5.41) is 2.46. The Morgan fingerprint density at radius 3 is 2.44 bits per heavy atom. The highest BCUT2D eigenvalue weighted by Gasteiger charge is 2.30. The molecule has 1 aliphatic heterocycles. The molecule has 1 atom stereocenters. The summed E-state index contributed by atoms with van der Waals surface area (Å²) in [6.07, 6.45) is -1.32. The standard InChI is InChI=1S/C9H15NO6/c1-13-7(11)5-6(10-9(12)14-2)8-15-3-4-16-8/h6,8H,3-5H2,1-2H3,(H,10,12)/t6-/m1/s1. The molecule has 1 rings (SSSR count). The van der Waals surface area contributed by atoms with Gasteiger partial charge >= 0.3 is 12.1 Å². The molecule has 0 aromatic carbocycles. The normalized spacial score (nSPS) is 17.9. The highest BCUT2D eigenvalue weighted by molar-refractivity contribution is 5.72. The fraction of sp³-hybridized carbons (Fsp3) is 0.778. The van der Waals surface area contributed by atoms with Crippen LogP contribution in [0.15, 0.2) is 0 Å². The van der Waals surface area contributed by atoms with E-state index in [4.69, 9.17) is 9.47 Å². The van der Waals surface area contributed by atoms with Gasteiger partial charge in [-0.3, -0.25) is 4.79 Å². The van der Waals surface area contributed by atoms with Gasteiger partial charge in [0.2, 0.25) is 0 Å². The maximum Gasteiger partial charge on any atom is 0.407 e. The Balaban J connectivity index is 2.53. The third-order valence-electron chi connectivity index (χ3n) is 2.08. The second-order valence-corrected chi connectivity index (χ2v) is 3.13. The summed E-state index contributed by atoms with van der Waals surface area (Å²) in [5.74, 6) is -0.458. The van der Waals surface area contributed by atoms with E-state index < -0.39 is 24.4 Å². The minimum Gasteiger partial charge on any atom is -0.469 e. The predicted octanol–water partition coefficient (Wildman–Crippen LogP) is -0.353. The molecule has 0 aromatic heterocycles. The molecule has 1 N–H and O–H groups in total. The van der Waals surface area contributed by atoms with Crippen LogP contribution in [-0.2, 0) is 23.7 Å². The molecule has 0 aliphatic carbocycles. The van der Waals surface area contributed by atoms with E-state index in [-0.39, 0.29) is 6.42 Å². The van der Waals surface area contributed by atoms with E-state index in [1.54, 1.807) is 0 Å². The molecule has 0 bridgehead atoms. The minimum atomic E-state index is -0.645. The number of nitrogens with one attached hydrogen (secondary N) is 1. The van der Waals surface area contributed by atoms with Gasteiger partial charge in [0.1, 0.15) is 0 Å². The highest BCUT2D eigenvalue weighted by atomic mass is 16.7. The van der Waals surface area contributed by atoms with Gasteiger partial charge in [-0.25, -0.2) is 4.79 Å². The first-order chi connectivity index (χ1) is 7.67. The van der Waals surface area contributed by atoms with Crippen molar-refractivity contribution in [1.82, 2.24) is 5.32 Å². The van der Waals surface area contributed by atoms with E-state index >= 15 is 0 Å². The van der Waals surface area contributed by atoms with E-state index in [0.29, 0.717) is 13.2 Å². The van der Waals surface area contributed by atoms with Gasteiger partial charge in [0.25, 0.3) is 0 Å². The van der Waals surface area contributed by atoms with E-state index in [1.165, 1.54) is 14.2 Å². The molecule has 1 heterocycles. The summed E-state index contributed by atoms with van der Waals surface area (Å²) >= 11 is 0. The first-order valence-corrected chi connectivity index (χ1v) is 4.82. The van der Waals surface area contributed by atoms with Gasteiger partial charge in [-0.05, 0) is 0 Å². The van der Waals surface area contributed by atoms with Crippen molar-refractivity contribution >= 4 is 12.1 Å². The van der Waals surface area contributed by atoms with E-state index in [9.17, 15) is 9.59 Å². The number of methoxy groups -OCH3 is 2. The molecule has 0 aromatic rings. The topological polar surface area (TPSA) is 83.1 Å². The molecule has 7 heteroatoms. The first kappa shape index (κ1) is 12.7. The quantitative estimate of drug-likeness (QED) is 0.668. The predicted molar refractivity (Wildman–Crippen MR) is 51.7 cm³/mol. The summed E-state index contributed by atoms with van der Waals surface area (Å²) in [7, 11) is 2.51. The Bertz CT molecular complexity index is 232. The van der Waals surface area contributed by atoms with Gasteiger partial charge < -0.3 is 24.3 Å². The number of carbonyl (C=O) groups excluding carboxylic acids is 2. The Kier molecular flexibility index (Phi) is 5.00. The summed E-state index contributed by atoms with van der Waals surface area (Å²) in [6, 6.07) is -0.609. The lowest BCUT2D eigenvalue weighted by Gasteiger charge is -2.21. The van der Waals surface area contributed by atoms with Crippen molar-refractivity contribution in [2.45, 2.75) is 18.8 Å². The van der Waals surface area contributed by atoms with Crippen molar-refractivity contribution < 1.29 is 28.5 Å². The van der Waals surface area contributed by atoms with Gasteiger partial charge in [-0.2, -0.15) is 0 Å². The van der Waals surface area contributed by atoms with Crippen molar-refractivity contribution in [1.29, 1.82) is 0 Å². The zero-order valence-corrected chi connectivity index (χ0v) is 9.23. The number of carbonyl (C=O) groups is 2. The SMILES string of the molecule is COC(=O)C[C@@H](NC(=O)OC)C1OCCO1. The Labute approximate surface area is 93.0 Å². The summed E-state index contributed by atoms with van der Waals surface area (Å²) in [6.45, 7) is 0.871. The molecule has 0 unspecified atom stereocenters. The number of rotatable bonds is 4. The van der Waals surface area contributed by atoms with Gasteiger partial charge in [-0.1, -0.05) is 0 Å². The third-order valence-corrected chi connectivity index (χ3v) is 2.08.